The molecule has 1 unspecified atom stereocenters. The van der Waals surface area contributed by atoms with E-state index in [0.717, 1.165) is 37.6 Å². The summed E-state index contributed by atoms with van der Waals surface area (Å²) >= 11 is 1.79. The second-order valence-corrected chi connectivity index (χ2v) is 6.91. The van der Waals surface area contributed by atoms with E-state index in [2.05, 4.69) is 34.5 Å². The summed E-state index contributed by atoms with van der Waals surface area (Å²) in [6.45, 7) is 8.50. The lowest BCUT2D eigenvalue weighted by Crippen LogP contribution is -2.39. The fraction of sp³-hybridized carbons (Fsp3) is 0.474. The molecule has 5 nitrogen and oxygen atoms in total. The Kier molecular flexibility index (Phi) is 11.3. The van der Waals surface area contributed by atoms with Gasteiger partial charge in [-0.2, -0.15) is 0 Å². The predicted molar refractivity (Wildman–Crippen MR) is 121 cm³/mol. The molecule has 0 radical (unpaired) electrons. The molecule has 0 amide bonds. The van der Waals surface area contributed by atoms with Gasteiger partial charge in [0.05, 0.1) is 11.6 Å². The lowest BCUT2D eigenvalue weighted by Gasteiger charge is -2.15. The number of aryl methyl sites for hydroxylation is 1. The first-order valence-corrected chi connectivity index (χ1v) is 9.70. The van der Waals surface area contributed by atoms with Gasteiger partial charge in [-0.1, -0.05) is 25.1 Å². The van der Waals surface area contributed by atoms with Crippen molar-refractivity contribution in [2.24, 2.45) is 4.99 Å². The van der Waals surface area contributed by atoms with Crippen LogP contribution in [0.15, 0.2) is 41.5 Å². The summed E-state index contributed by atoms with van der Waals surface area (Å²) in [7, 11) is 0. The van der Waals surface area contributed by atoms with Gasteiger partial charge in [0.2, 0.25) is 0 Å². The van der Waals surface area contributed by atoms with Crippen LogP contribution in [-0.4, -0.2) is 36.7 Å². The average molecular weight is 488 g/mol. The maximum atomic E-state index is 5.86. The van der Waals surface area contributed by atoms with E-state index in [-0.39, 0.29) is 30.1 Å². The highest BCUT2D eigenvalue weighted by Gasteiger charge is 2.05. The van der Waals surface area contributed by atoms with E-state index in [9.17, 15) is 0 Å². The summed E-state index contributed by atoms with van der Waals surface area (Å²) in [5.41, 5.74) is 0. The van der Waals surface area contributed by atoms with E-state index in [1.807, 2.05) is 43.5 Å². The van der Waals surface area contributed by atoms with E-state index in [1.165, 1.54) is 9.88 Å². The maximum Gasteiger partial charge on any atom is 0.191 e. The third kappa shape index (κ3) is 8.35. The van der Waals surface area contributed by atoms with Crippen LogP contribution < -0.4 is 15.4 Å². The van der Waals surface area contributed by atoms with E-state index < -0.39 is 0 Å². The van der Waals surface area contributed by atoms with Gasteiger partial charge in [-0.05, 0) is 32.4 Å². The van der Waals surface area contributed by atoms with E-state index in [0.29, 0.717) is 6.54 Å². The Morgan fingerprint density at radius 3 is 2.65 bits per heavy atom. The molecule has 1 aromatic heterocycles. The molecular formula is C19H29IN4OS. The Hall–Kier alpha value is -1.35. The SMILES string of the molecule is CCNC(=NCC(C)Oc1ccccc1)NCCc1ncc(CC)s1.I. The van der Waals surface area contributed by atoms with Crippen LogP contribution >= 0.6 is 35.3 Å². The summed E-state index contributed by atoms with van der Waals surface area (Å²) in [5.74, 6) is 1.69. The Balaban J connectivity index is 0.00000338. The quantitative estimate of drug-likeness (QED) is 0.320. The largest absolute Gasteiger partial charge is 0.489 e. The molecule has 0 aliphatic rings. The molecule has 0 bridgehead atoms. The van der Waals surface area contributed by atoms with Crippen LogP contribution in [0.3, 0.4) is 0 Å². The van der Waals surface area contributed by atoms with Crippen LogP contribution in [0.5, 0.6) is 5.75 Å². The number of aromatic nitrogens is 1. The minimum atomic E-state index is 0. The second-order valence-electron chi connectivity index (χ2n) is 5.71. The van der Waals surface area contributed by atoms with Crippen LogP contribution in [0.1, 0.15) is 30.7 Å². The zero-order valence-corrected chi connectivity index (χ0v) is 18.8. The topological polar surface area (TPSA) is 58.5 Å². The number of ether oxygens (including phenoxy) is 1. The van der Waals surface area contributed by atoms with Gasteiger partial charge in [-0.25, -0.2) is 9.98 Å². The summed E-state index contributed by atoms with van der Waals surface area (Å²) in [5, 5.41) is 7.80. The van der Waals surface area contributed by atoms with Crippen molar-refractivity contribution in [1.29, 1.82) is 0 Å². The summed E-state index contributed by atoms with van der Waals surface area (Å²) in [4.78, 5) is 10.4. The fourth-order valence-corrected chi connectivity index (χ4v) is 3.11. The Morgan fingerprint density at radius 2 is 2.00 bits per heavy atom. The third-order valence-corrected chi connectivity index (χ3v) is 4.71. The highest BCUT2D eigenvalue weighted by Crippen LogP contribution is 2.13. The van der Waals surface area contributed by atoms with Crippen molar-refractivity contribution in [3.63, 3.8) is 0 Å². The highest BCUT2D eigenvalue weighted by atomic mass is 127. The molecule has 2 aromatic rings. The summed E-state index contributed by atoms with van der Waals surface area (Å²) < 4.78 is 5.86. The molecule has 2 rings (SSSR count). The third-order valence-electron chi connectivity index (χ3n) is 3.51. The zero-order valence-electron chi connectivity index (χ0n) is 15.7. The number of nitrogens with zero attached hydrogens (tertiary/aromatic N) is 2. The normalized spacial score (nSPS) is 12.2. The molecule has 7 heteroatoms. The molecule has 1 atom stereocenters. The smallest absolute Gasteiger partial charge is 0.191 e. The van der Waals surface area contributed by atoms with Gasteiger partial charge in [0.1, 0.15) is 11.9 Å². The van der Waals surface area contributed by atoms with Gasteiger partial charge in [0, 0.05) is 30.6 Å². The molecule has 0 saturated heterocycles. The van der Waals surface area contributed by atoms with Gasteiger partial charge in [0.15, 0.2) is 5.96 Å². The predicted octanol–water partition coefficient (Wildman–Crippen LogP) is 3.89. The summed E-state index contributed by atoms with van der Waals surface area (Å²) in [6, 6.07) is 9.85. The lowest BCUT2D eigenvalue weighted by molar-refractivity contribution is 0.230. The number of halogens is 1. The summed E-state index contributed by atoms with van der Waals surface area (Å²) in [6.07, 6.45) is 3.95. The first-order chi connectivity index (χ1) is 12.2. The standard InChI is InChI=1S/C19H28N4OS.HI/c1-4-17-14-22-18(25-17)11-12-21-19(20-5-2)23-13-15(3)24-16-9-7-6-8-10-16;/h6-10,14-15H,4-5,11-13H2,1-3H3,(H2,20,21,23);1H. The van der Waals surface area contributed by atoms with Gasteiger partial charge < -0.3 is 15.4 Å². The molecule has 26 heavy (non-hydrogen) atoms. The van der Waals surface area contributed by atoms with E-state index in [4.69, 9.17) is 4.74 Å². The lowest BCUT2D eigenvalue weighted by atomic mass is 10.3. The van der Waals surface area contributed by atoms with Gasteiger partial charge in [-0.3, -0.25) is 0 Å². The minimum Gasteiger partial charge on any atom is -0.489 e. The number of thiazole rings is 1. The molecule has 0 aliphatic heterocycles. The number of rotatable bonds is 9. The molecular weight excluding hydrogens is 459 g/mol. The number of hydrogen-bond acceptors (Lipinski definition) is 4. The van der Waals surface area contributed by atoms with E-state index in [1.54, 1.807) is 11.3 Å². The first-order valence-electron chi connectivity index (χ1n) is 8.88. The van der Waals surface area contributed by atoms with Crippen molar-refractivity contribution >= 4 is 41.3 Å². The Morgan fingerprint density at radius 1 is 1.23 bits per heavy atom. The van der Waals surface area contributed by atoms with Crippen molar-refractivity contribution in [3.8, 4) is 5.75 Å². The molecule has 0 aliphatic carbocycles. The molecule has 1 heterocycles. The van der Waals surface area contributed by atoms with E-state index >= 15 is 0 Å². The van der Waals surface area contributed by atoms with Crippen LogP contribution in [0, 0.1) is 0 Å². The Bertz CT molecular complexity index is 648. The second kappa shape index (κ2) is 12.9. The molecule has 2 N–H and O–H groups in total. The van der Waals surface area contributed by atoms with Crippen molar-refractivity contribution in [1.82, 2.24) is 15.6 Å². The number of para-hydroxylation sites is 1. The Labute approximate surface area is 177 Å². The fourth-order valence-electron chi connectivity index (χ4n) is 2.25. The van der Waals surface area contributed by atoms with Crippen molar-refractivity contribution in [2.45, 2.75) is 39.7 Å². The number of benzene rings is 1. The van der Waals surface area contributed by atoms with Crippen molar-refractivity contribution in [2.75, 3.05) is 19.6 Å². The maximum absolute atomic E-state index is 5.86. The monoisotopic (exact) mass is 488 g/mol. The van der Waals surface area contributed by atoms with Crippen LogP contribution in [0.25, 0.3) is 0 Å². The number of hydrogen-bond donors (Lipinski definition) is 2. The van der Waals surface area contributed by atoms with Crippen LogP contribution in [-0.2, 0) is 12.8 Å². The average Bonchev–Trinajstić information content (AvgIpc) is 3.08. The van der Waals surface area contributed by atoms with Crippen molar-refractivity contribution in [3.05, 3.63) is 46.4 Å². The zero-order chi connectivity index (χ0) is 17.9. The molecule has 0 saturated carbocycles. The van der Waals surface area contributed by atoms with Crippen LogP contribution in [0.4, 0.5) is 0 Å². The highest BCUT2D eigenvalue weighted by molar-refractivity contribution is 14.0. The number of guanidine groups is 1. The van der Waals surface area contributed by atoms with Crippen molar-refractivity contribution < 1.29 is 4.74 Å². The van der Waals surface area contributed by atoms with Gasteiger partial charge >= 0.3 is 0 Å². The van der Waals surface area contributed by atoms with Gasteiger partial charge in [0.25, 0.3) is 0 Å². The molecule has 1 aromatic carbocycles. The number of nitrogens with one attached hydrogen (secondary N) is 2. The molecule has 0 fully saturated rings. The minimum absolute atomic E-state index is 0. The molecule has 0 spiro atoms. The molecule has 144 valence electrons. The van der Waals surface area contributed by atoms with Crippen LogP contribution in [0.2, 0.25) is 0 Å². The van der Waals surface area contributed by atoms with Gasteiger partial charge in [-0.15, -0.1) is 35.3 Å². The first kappa shape index (κ1) is 22.7. The number of aliphatic imine (C=N–C) groups is 1.